The Balaban J connectivity index is 2.09. The van der Waals surface area contributed by atoms with Crippen molar-refractivity contribution in [2.75, 3.05) is 16.6 Å². The number of hydrogen-bond donors (Lipinski definition) is 2. The van der Waals surface area contributed by atoms with Gasteiger partial charge in [-0.1, -0.05) is 6.07 Å². The Hall–Kier alpha value is -2.13. The van der Waals surface area contributed by atoms with Crippen molar-refractivity contribution in [3.63, 3.8) is 0 Å². The Morgan fingerprint density at radius 3 is 2.95 bits per heavy atom. The quantitative estimate of drug-likeness (QED) is 0.750. The molecule has 0 aromatic carbocycles. The van der Waals surface area contributed by atoms with E-state index < -0.39 is 10.0 Å². The van der Waals surface area contributed by atoms with Gasteiger partial charge in [-0.2, -0.15) is 8.42 Å². The maximum Gasteiger partial charge on any atom is 0.282 e. The topological polar surface area (TPSA) is 88.4 Å². The van der Waals surface area contributed by atoms with Gasteiger partial charge in [-0.15, -0.1) is 11.3 Å². The largest absolute Gasteiger partial charge is 0.368 e. The van der Waals surface area contributed by atoms with Gasteiger partial charge in [0.1, 0.15) is 5.82 Å². The van der Waals surface area contributed by atoms with Gasteiger partial charge in [-0.3, -0.25) is 9.12 Å². The lowest BCUT2D eigenvalue weighted by Gasteiger charge is -2.08. The minimum Gasteiger partial charge on any atom is -0.368 e. The lowest BCUT2D eigenvalue weighted by Crippen LogP contribution is -2.17. The number of fused-ring (bicyclic) bond motifs is 1. The highest BCUT2D eigenvalue weighted by atomic mass is 32.2. The van der Waals surface area contributed by atoms with Gasteiger partial charge in [-0.25, -0.2) is 9.97 Å². The van der Waals surface area contributed by atoms with E-state index in [-0.39, 0.29) is 10.8 Å². The van der Waals surface area contributed by atoms with E-state index in [0.29, 0.717) is 17.3 Å². The van der Waals surface area contributed by atoms with Gasteiger partial charge in [-0.05, 0) is 19.1 Å². The predicted molar refractivity (Wildman–Crippen MR) is 82.3 cm³/mol. The third-order valence-electron chi connectivity index (χ3n) is 2.72. The van der Waals surface area contributed by atoms with E-state index in [1.54, 1.807) is 34.2 Å². The molecule has 21 heavy (non-hydrogen) atoms. The van der Waals surface area contributed by atoms with Crippen LogP contribution in [0.25, 0.3) is 4.96 Å². The fourth-order valence-electron chi connectivity index (χ4n) is 1.91. The molecule has 3 heterocycles. The number of pyridine rings is 1. The molecule has 110 valence electrons. The fourth-order valence-corrected chi connectivity index (χ4v) is 3.96. The van der Waals surface area contributed by atoms with Gasteiger partial charge in [0.15, 0.2) is 10.8 Å². The predicted octanol–water partition coefficient (Wildman–Crippen LogP) is 2.02. The summed E-state index contributed by atoms with van der Waals surface area (Å²) in [5.41, 5.74) is 0. The first-order chi connectivity index (χ1) is 10.1. The van der Waals surface area contributed by atoms with Crippen LogP contribution in [0, 0.1) is 0 Å². The molecule has 3 aromatic heterocycles. The van der Waals surface area contributed by atoms with E-state index in [1.807, 2.05) is 6.92 Å². The number of aromatic nitrogens is 3. The molecule has 0 aliphatic carbocycles. The Morgan fingerprint density at radius 1 is 1.38 bits per heavy atom. The minimum atomic E-state index is -3.79. The van der Waals surface area contributed by atoms with E-state index in [9.17, 15) is 8.42 Å². The number of sulfonamides is 1. The number of nitrogens with zero attached hydrogens (tertiary/aromatic N) is 3. The van der Waals surface area contributed by atoms with Crippen LogP contribution in [0.15, 0.2) is 41.0 Å². The van der Waals surface area contributed by atoms with Gasteiger partial charge >= 0.3 is 0 Å². The molecule has 7 nitrogen and oxygen atoms in total. The second kappa shape index (κ2) is 5.34. The summed E-state index contributed by atoms with van der Waals surface area (Å²) in [5.74, 6) is 0.609. The minimum absolute atomic E-state index is 0.0891. The molecule has 0 saturated carbocycles. The van der Waals surface area contributed by atoms with Crippen LogP contribution in [-0.4, -0.2) is 29.3 Å². The monoisotopic (exact) mass is 323 g/mol. The van der Waals surface area contributed by atoms with Crippen LogP contribution < -0.4 is 10.0 Å². The van der Waals surface area contributed by atoms with Crippen molar-refractivity contribution >= 4 is 38.0 Å². The van der Waals surface area contributed by atoms with E-state index in [4.69, 9.17) is 0 Å². The Kier molecular flexibility index (Phi) is 3.52. The summed E-state index contributed by atoms with van der Waals surface area (Å²) in [4.78, 5) is 8.90. The molecule has 0 amide bonds. The summed E-state index contributed by atoms with van der Waals surface area (Å²) in [6.45, 7) is 2.47. The zero-order valence-electron chi connectivity index (χ0n) is 11.1. The van der Waals surface area contributed by atoms with Crippen LogP contribution >= 0.6 is 11.3 Å². The first-order valence-electron chi connectivity index (χ1n) is 6.25. The third-order valence-corrected chi connectivity index (χ3v) is 4.85. The summed E-state index contributed by atoms with van der Waals surface area (Å²) in [6, 6.07) is 5.03. The summed E-state index contributed by atoms with van der Waals surface area (Å²) in [7, 11) is -3.79. The smallest absolute Gasteiger partial charge is 0.282 e. The van der Waals surface area contributed by atoms with Crippen LogP contribution in [0.3, 0.4) is 0 Å². The molecule has 0 radical (unpaired) electrons. The van der Waals surface area contributed by atoms with Gasteiger partial charge in [0.2, 0.25) is 5.03 Å². The zero-order chi connectivity index (χ0) is 14.9. The van der Waals surface area contributed by atoms with Gasteiger partial charge in [0, 0.05) is 24.3 Å². The molecule has 0 aliphatic heterocycles. The van der Waals surface area contributed by atoms with Crippen molar-refractivity contribution in [2.24, 2.45) is 0 Å². The van der Waals surface area contributed by atoms with Crippen LogP contribution in [0.2, 0.25) is 0 Å². The van der Waals surface area contributed by atoms with E-state index in [0.717, 1.165) is 0 Å². The normalized spacial score (nSPS) is 11.7. The van der Waals surface area contributed by atoms with Crippen LogP contribution in [0.5, 0.6) is 0 Å². The first kappa shape index (κ1) is 13.8. The van der Waals surface area contributed by atoms with Gasteiger partial charge in [0.05, 0.1) is 0 Å². The third kappa shape index (κ3) is 2.57. The summed E-state index contributed by atoms with van der Waals surface area (Å²) < 4.78 is 29.3. The SMILES string of the molecule is CCNc1nc2sccn2c1S(=O)(=O)Nc1ccccn1. The summed E-state index contributed by atoms with van der Waals surface area (Å²) in [5, 5.41) is 4.86. The molecule has 0 bridgehead atoms. The van der Waals surface area contributed by atoms with E-state index >= 15 is 0 Å². The molecule has 9 heteroatoms. The average Bonchev–Trinajstić information content (AvgIpc) is 2.99. The van der Waals surface area contributed by atoms with Crippen LogP contribution in [-0.2, 0) is 10.0 Å². The highest BCUT2D eigenvalue weighted by Gasteiger charge is 2.26. The van der Waals surface area contributed by atoms with Crippen LogP contribution in [0.4, 0.5) is 11.6 Å². The molecule has 0 saturated heterocycles. The van der Waals surface area contributed by atoms with Crippen molar-refractivity contribution < 1.29 is 8.42 Å². The summed E-state index contributed by atoms with van der Waals surface area (Å²) >= 11 is 1.37. The molecule has 0 atom stereocenters. The molecule has 0 fully saturated rings. The molecular weight excluding hydrogens is 310 g/mol. The van der Waals surface area contributed by atoms with Crippen LogP contribution in [0.1, 0.15) is 6.92 Å². The molecule has 0 unspecified atom stereocenters. The highest BCUT2D eigenvalue weighted by Crippen LogP contribution is 2.26. The second-order valence-electron chi connectivity index (χ2n) is 4.17. The van der Waals surface area contributed by atoms with Crippen molar-refractivity contribution in [2.45, 2.75) is 11.9 Å². The maximum absolute atomic E-state index is 12.6. The lowest BCUT2D eigenvalue weighted by atomic mass is 10.5. The molecule has 2 N–H and O–H groups in total. The standard InChI is InChI=1S/C12H13N5O2S2/c1-2-13-10-11(17-7-8-20-12(17)15-10)21(18,19)16-9-5-3-4-6-14-9/h3-8,13H,2H2,1H3,(H,14,16). The van der Waals surface area contributed by atoms with Crippen molar-refractivity contribution in [3.05, 3.63) is 36.0 Å². The van der Waals surface area contributed by atoms with Crippen molar-refractivity contribution in [3.8, 4) is 0 Å². The highest BCUT2D eigenvalue weighted by molar-refractivity contribution is 7.92. The Morgan fingerprint density at radius 2 is 2.24 bits per heavy atom. The molecule has 0 aliphatic rings. The Bertz CT molecular complexity index is 854. The number of imidazole rings is 1. The lowest BCUT2D eigenvalue weighted by molar-refractivity contribution is 0.597. The Labute approximate surface area is 125 Å². The molecule has 3 aromatic rings. The maximum atomic E-state index is 12.6. The molecular formula is C12H13N5O2S2. The first-order valence-corrected chi connectivity index (χ1v) is 8.61. The van der Waals surface area contributed by atoms with Crippen molar-refractivity contribution in [1.29, 1.82) is 0 Å². The fraction of sp³-hybridized carbons (Fsp3) is 0.167. The molecule has 3 rings (SSSR count). The number of rotatable bonds is 5. The zero-order valence-corrected chi connectivity index (χ0v) is 12.8. The van der Waals surface area contributed by atoms with Crippen molar-refractivity contribution in [1.82, 2.24) is 14.4 Å². The average molecular weight is 323 g/mol. The van der Waals surface area contributed by atoms with E-state index in [2.05, 4.69) is 20.0 Å². The van der Waals surface area contributed by atoms with Gasteiger partial charge in [0.25, 0.3) is 10.0 Å². The number of hydrogen-bond acceptors (Lipinski definition) is 6. The summed E-state index contributed by atoms with van der Waals surface area (Å²) in [6.07, 6.45) is 3.21. The number of nitrogens with one attached hydrogen (secondary N) is 2. The molecule has 0 spiro atoms. The number of anilines is 2. The second-order valence-corrected chi connectivity index (χ2v) is 6.64. The number of thiazole rings is 1. The van der Waals surface area contributed by atoms with Gasteiger partial charge < -0.3 is 5.32 Å². The van der Waals surface area contributed by atoms with E-state index in [1.165, 1.54) is 17.5 Å².